The molecule has 5 nitrogen and oxygen atoms in total. The number of nitrogens with one attached hydrogen (secondary N) is 1. The number of ether oxygens (including phenoxy) is 2. The van der Waals surface area contributed by atoms with Gasteiger partial charge in [0.15, 0.2) is 0 Å². The lowest BCUT2D eigenvalue weighted by Crippen LogP contribution is -2.15. The second-order valence-electron chi connectivity index (χ2n) is 5.40. The number of carbonyl (C=O) groups is 2. The Bertz CT molecular complexity index is 509. The van der Waals surface area contributed by atoms with Crippen LogP contribution >= 0.6 is 0 Å². The van der Waals surface area contributed by atoms with Crippen molar-refractivity contribution >= 4 is 17.6 Å². The number of rotatable bonds is 7. The molecule has 0 aliphatic heterocycles. The van der Waals surface area contributed by atoms with Crippen molar-refractivity contribution in [2.75, 3.05) is 18.5 Å². The molecule has 0 saturated heterocycles. The minimum Gasteiger partial charge on any atom is -0.460 e. The molecule has 1 aromatic carbocycles. The van der Waals surface area contributed by atoms with Crippen molar-refractivity contribution in [3.63, 3.8) is 0 Å². The van der Waals surface area contributed by atoms with Crippen molar-refractivity contribution in [1.82, 2.24) is 0 Å². The Morgan fingerprint density at radius 3 is 2.71 bits per heavy atom. The number of benzene rings is 1. The molecule has 0 spiro atoms. The highest BCUT2D eigenvalue weighted by molar-refractivity contribution is 5.96. The van der Waals surface area contributed by atoms with Gasteiger partial charge in [-0.25, -0.2) is 4.79 Å². The molecule has 0 bridgehead atoms. The van der Waals surface area contributed by atoms with Crippen LogP contribution in [0.5, 0.6) is 0 Å². The van der Waals surface area contributed by atoms with E-state index in [2.05, 4.69) is 5.32 Å². The Labute approximate surface area is 124 Å². The molecule has 1 amide bonds. The van der Waals surface area contributed by atoms with Crippen molar-refractivity contribution in [2.45, 2.75) is 32.8 Å². The second kappa shape index (κ2) is 7.22. The minimum atomic E-state index is -0.412. The summed E-state index contributed by atoms with van der Waals surface area (Å²) in [6, 6.07) is 6.78. The van der Waals surface area contributed by atoms with Crippen LogP contribution in [0.15, 0.2) is 24.3 Å². The monoisotopic (exact) mass is 291 g/mol. The summed E-state index contributed by atoms with van der Waals surface area (Å²) in [6.45, 7) is 4.44. The Morgan fingerprint density at radius 2 is 2.05 bits per heavy atom. The van der Waals surface area contributed by atoms with Gasteiger partial charge in [0.05, 0.1) is 18.3 Å². The van der Waals surface area contributed by atoms with Crippen LogP contribution in [0, 0.1) is 5.92 Å². The lowest BCUT2D eigenvalue weighted by Gasteiger charge is -2.09. The van der Waals surface area contributed by atoms with Gasteiger partial charge in [-0.2, -0.15) is 0 Å². The van der Waals surface area contributed by atoms with E-state index in [1.54, 1.807) is 24.3 Å². The smallest absolute Gasteiger partial charge is 0.338 e. The molecule has 1 aliphatic rings. The van der Waals surface area contributed by atoms with Gasteiger partial charge in [0.25, 0.3) is 0 Å². The molecular weight excluding hydrogens is 270 g/mol. The molecule has 1 aliphatic carbocycles. The molecule has 0 heterocycles. The highest BCUT2D eigenvalue weighted by Crippen LogP contribution is 2.30. The number of anilines is 1. The summed E-state index contributed by atoms with van der Waals surface area (Å²) in [4.78, 5) is 23.6. The van der Waals surface area contributed by atoms with Crippen LogP contribution in [0.25, 0.3) is 0 Å². The van der Waals surface area contributed by atoms with E-state index in [9.17, 15) is 9.59 Å². The van der Waals surface area contributed by atoms with Gasteiger partial charge in [-0.3, -0.25) is 4.79 Å². The zero-order valence-corrected chi connectivity index (χ0v) is 12.4. The summed E-state index contributed by atoms with van der Waals surface area (Å²) in [5, 5.41) is 2.81. The van der Waals surface area contributed by atoms with Crippen LogP contribution in [-0.4, -0.2) is 31.2 Å². The molecule has 1 N–H and O–H groups in total. The van der Waals surface area contributed by atoms with Crippen LogP contribution < -0.4 is 5.32 Å². The second-order valence-corrected chi connectivity index (χ2v) is 5.40. The Morgan fingerprint density at radius 1 is 1.29 bits per heavy atom. The maximum atomic E-state index is 11.9. The third kappa shape index (κ3) is 5.19. The Kier molecular flexibility index (Phi) is 5.33. The van der Waals surface area contributed by atoms with Crippen LogP contribution in [-0.2, 0) is 14.3 Å². The summed E-state index contributed by atoms with van der Waals surface area (Å²) in [5.74, 6) is -0.260. The van der Waals surface area contributed by atoms with E-state index in [0.29, 0.717) is 17.9 Å². The molecule has 0 atom stereocenters. The maximum Gasteiger partial charge on any atom is 0.338 e. The van der Waals surface area contributed by atoms with Crippen LogP contribution in [0.4, 0.5) is 5.69 Å². The summed E-state index contributed by atoms with van der Waals surface area (Å²) >= 11 is 0. The number of amides is 1. The van der Waals surface area contributed by atoms with E-state index in [1.807, 2.05) is 13.8 Å². The quantitative estimate of drug-likeness (QED) is 0.619. The Balaban J connectivity index is 1.84. The molecule has 1 aromatic rings. The van der Waals surface area contributed by atoms with Crippen molar-refractivity contribution < 1.29 is 19.1 Å². The number of hydrogen-bond acceptors (Lipinski definition) is 4. The van der Waals surface area contributed by atoms with Gasteiger partial charge in [0.1, 0.15) is 6.61 Å². The highest BCUT2D eigenvalue weighted by atomic mass is 16.6. The normalized spacial score (nSPS) is 14.0. The van der Waals surface area contributed by atoms with E-state index in [4.69, 9.17) is 9.47 Å². The molecule has 2 rings (SSSR count). The fourth-order valence-corrected chi connectivity index (χ4v) is 1.82. The molecule has 5 heteroatoms. The van der Waals surface area contributed by atoms with Crippen LogP contribution in [0.1, 0.15) is 37.0 Å². The van der Waals surface area contributed by atoms with E-state index >= 15 is 0 Å². The van der Waals surface area contributed by atoms with Gasteiger partial charge in [-0.15, -0.1) is 0 Å². The predicted octanol–water partition coefficient (Wildman–Crippen LogP) is 2.62. The predicted molar refractivity (Wildman–Crippen MR) is 79.2 cm³/mol. The first-order valence-corrected chi connectivity index (χ1v) is 7.26. The maximum absolute atomic E-state index is 11.9. The highest BCUT2D eigenvalue weighted by Gasteiger charge is 2.29. The number of hydrogen-bond donors (Lipinski definition) is 1. The Hall–Kier alpha value is -1.88. The average Bonchev–Trinajstić information content (AvgIpc) is 3.28. The summed E-state index contributed by atoms with van der Waals surface area (Å²) in [5.41, 5.74) is 1.05. The zero-order chi connectivity index (χ0) is 15.2. The van der Waals surface area contributed by atoms with Gasteiger partial charge in [-0.05, 0) is 44.9 Å². The van der Waals surface area contributed by atoms with Crippen molar-refractivity contribution in [3.05, 3.63) is 29.8 Å². The fourth-order valence-electron chi connectivity index (χ4n) is 1.82. The van der Waals surface area contributed by atoms with Crippen molar-refractivity contribution in [1.29, 1.82) is 0 Å². The summed E-state index contributed by atoms with van der Waals surface area (Å²) < 4.78 is 10.4. The van der Waals surface area contributed by atoms with E-state index in [-0.39, 0.29) is 24.5 Å². The van der Waals surface area contributed by atoms with Gasteiger partial charge in [-0.1, -0.05) is 6.07 Å². The average molecular weight is 291 g/mol. The van der Waals surface area contributed by atoms with Crippen LogP contribution in [0.2, 0.25) is 0 Å². The van der Waals surface area contributed by atoms with Gasteiger partial charge in [0, 0.05) is 11.6 Å². The first kappa shape index (κ1) is 15.5. The van der Waals surface area contributed by atoms with Crippen molar-refractivity contribution in [2.24, 2.45) is 5.92 Å². The van der Waals surface area contributed by atoms with Gasteiger partial charge >= 0.3 is 5.97 Å². The van der Waals surface area contributed by atoms with E-state index in [0.717, 1.165) is 12.8 Å². The molecule has 1 saturated carbocycles. The molecule has 0 radical (unpaired) electrons. The first-order valence-electron chi connectivity index (χ1n) is 7.26. The number of carbonyl (C=O) groups excluding carboxylic acids is 2. The van der Waals surface area contributed by atoms with Gasteiger partial charge in [0.2, 0.25) is 5.91 Å². The topological polar surface area (TPSA) is 64.6 Å². The number of esters is 1. The van der Waals surface area contributed by atoms with Gasteiger partial charge < -0.3 is 14.8 Å². The largest absolute Gasteiger partial charge is 0.460 e. The summed E-state index contributed by atoms with van der Waals surface area (Å²) in [6.07, 6.45) is 2.01. The minimum absolute atomic E-state index is 0.0193. The van der Waals surface area contributed by atoms with E-state index in [1.165, 1.54) is 0 Å². The first-order chi connectivity index (χ1) is 10.1. The molecule has 0 unspecified atom stereocenters. The molecule has 114 valence electrons. The SMILES string of the molecule is CC(C)OCCOC(=O)c1cccc(NC(=O)C2CC2)c1. The zero-order valence-electron chi connectivity index (χ0n) is 12.4. The standard InChI is InChI=1S/C16H21NO4/c1-11(2)20-8-9-21-16(19)13-4-3-5-14(10-13)17-15(18)12-6-7-12/h3-5,10-12H,6-9H2,1-2H3,(H,17,18). The molecule has 0 aromatic heterocycles. The van der Waals surface area contributed by atoms with Crippen molar-refractivity contribution in [3.8, 4) is 0 Å². The van der Waals surface area contributed by atoms with E-state index < -0.39 is 5.97 Å². The molecule has 1 fully saturated rings. The lowest BCUT2D eigenvalue weighted by atomic mass is 10.2. The lowest BCUT2D eigenvalue weighted by molar-refractivity contribution is -0.117. The fraction of sp³-hybridized carbons (Fsp3) is 0.500. The third-order valence-electron chi connectivity index (χ3n) is 3.08. The third-order valence-corrected chi connectivity index (χ3v) is 3.08. The van der Waals surface area contributed by atoms with Crippen LogP contribution in [0.3, 0.4) is 0 Å². The molecular formula is C16H21NO4. The molecule has 21 heavy (non-hydrogen) atoms. The summed E-state index contributed by atoms with van der Waals surface area (Å²) in [7, 11) is 0.